The number of aryl methyl sites for hydroxylation is 2. The van der Waals surface area contributed by atoms with Gasteiger partial charge in [-0.05, 0) is 43.2 Å². The van der Waals surface area contributed by atoms with E-state index in [0.717, 1.165) is 28.8 Å². The Hall–Kier alpha value is -1.51. The molecule has 3 rings (SSSR count). The van der Waals surface area contributed by atoms with Crippen LogP contribution in [0.4, 0.5) is 5.69 Å². The van der Waals surface area contributed by atoms with E-state index in [1.165, 1.54) is 11.0 Å². The van der Waals surface area contributed by atoms with Crippen molar-refractivity contribution in [2.45, 2.75) is 25.3 Å². The number of nitrogens with zero attached hydrogens (tertiary/aromatic N) is 1. The van der Waals surface area contributed by atoms with Gasteiger partial charge in [0.05, 0.1) is 22.7 Å². The third kappa shape index (κ3) is 3.70. The van der Waals surface area contributed by atoms with Gasteiger partial charge in [-0.1, -0.05) is 23.8 Å². The van der Waals surface area contributed by atoms with E-state index in [9.17, 15) is 22.6 Å². The molecule has 0 radical (unpaired) electrons. The number of hydrogen-bond acceptors (Lipinski definition) is 5. The topological polar surface area (TPSA) is 94.6 Å². The number of fused-ring (bicyclic) bond motifs is 1. The van der Waals surface area contributed by atoms with Crippen molar-refractivity contribution in [3.8, 4) is 0 Å². The Morgan fingerprint density at radius 2 is 1.72 bits per heavy atom. The van der Waals surface area contributed by atoms with Gasteiger partial charge in [-0.15, -0.1) is 0 Å². The standard InChI is InChI=1S/C17H15NO5S.Na/c1-10-3-4-11(2)12(7-10)9-18-15-6-5-13(24(21,22)23)8-14(15)16(19)17(18)20;/h3-8H,9H2,1-2H3,(H,21,22,23);/q;+1/p-1. The normalized spacial score (nSPS) is 13.6. The van der Waals surface area contributed by atoms with Gasteiger partial charge in [-0.3, -0.25) is 9.59 Å². The van der Waals surface area contributed by atoms with Gasteiger partial charge in [0, 0.05) is 0 Å². The summed E-state index contributed by atoms with van der Waals surface area (Å²) in [4.78, 5) is 25.2. The molecule has 0 fully saturated rings. The van der Waals surface area contributed by atoms with Crippen LogP contribution >= 0.6 is 0 Å². The molecule has 124 valence electrons. The average Bonchev–Trinajstić information content (AvgIpc) is 2.75. The molecule has 0 spiro atoms. The summed E-state index contributed by atoms with van der Waals surface area (Å²) in [5.41, 5.74) is 3.17. The van der Waals surface area contributed by atoms with Crippen LogP contribution in [0, 0.1) is 13.8 Å². The Bertz CT molecular complexity index is 985. The second-order valence-electron chi connectivity index (χ2n) is 5.78. The number of amides is 1. The molecule has 8 heteroatoms. The molecule has 0 saturated heterocycles. The van der Waals surface area contributed by atoms with Crippen LogP contribution in [0.3, 0.4) is 0 Å². The molecule has 1 heterocycles. The monoisotopic (exact) mass is 367 g/mol. The third-order valence-electron chi connectivity index (χ3n) is 4.06. The molecule has 2 aromatic rings. The molecule has 0 saturated carbocycles. The van der Waals surface area contributed by atoms with Crippen LogP contribution in [-0.4, -0.2) is 24.7 Å². The molecule has 0 N–H and O–H groups in total. The summed E-state index contributed by atoms with van der Waals surface area (Å²) in [6.07, 6.45) is 0. The molecule has 1 aliphatic heterocycles. The number of carbonyl (C=O) groups is 2. The van der Waals surface area contributed by atoms with E-state index in [4.69, 9.17) is 0 Å². The first kappa shape index (κ1) is 19.8. The van der Waals surface area contributed by atoms with Crippen molar-refractivity contribution in [2.75, 3.05) is 4.90 Å². The molecule has 0 bridgehead atoms. The minimum atomic E-state index is -4.69. The van der Waals surface area contributed by atoms with Gasteiger partial charge in [0.2, 0.25) is 0 Å². The smallest absolute Gasteiger partial charge is 0.744 e. The number of ketones is 1. The van der Waals surface area contributed by atoms with Crippen molar-refractivity contribution in [2.24, 2.45) is 0 Å². The van der Waals surface area contributed by atoms with E-state index in [1.807, 2.05) is 32.0 Å². The molecular weight excluding hydrogens is 353 g/mol. The predicted octanol–water partition coefficient (Wildman–Crippen LogP) is -1.06. The van der Waals surface area contributed by atoms with Crippen molar-refractivity contribution >= 4 is 27.5 Å². The van der Waals surface area contributed by atoms with Crippen LogP contribution in [0.25, 0.3) is 0 Å². The summed E-state index contributed by atoms with van der Waals surface area (Å²) in [6, 6.07) is 9.23. The number of rotatable bonds is 3. The number of Topliss-reactive ketones (excluding diaryl/α,β-unsaturated/α-hetero) is 1. The molecule has 25 heavy (non-hydrogen) atoms. The largest absolute Gasteiger partial charge is 1.00 e. The average molecular weight is 367 g/mol. The van der Waals surface area contributed by atoms with Crippen LogP contribution in [0.1, 0.15) is 27.0 Å². The van der Waals surface area contributed by atoms with Gasteiger partial charge >= 0.3 is 29.6 Å². The van der Waals surface area contributed by atoms with E-state index in [0.29, 0.717) is 5.69 Å². The van der Waals surface area contributed by atoms with Crippen molar-refractivity contribution in [1.82, 2.24) is 0 Å². The number of anilines is 1. The Morgan fingerprint density at radius 1 is 1.04 bits per heavy atom. The van der Waals surface area contributed by atoms with Crippen LogP contribution in [0.5, 0.6) is 0 Å². The fraction of sp³-hybridized carbons (Fsp3) is 0.176. The second kappa shape index (κ2) is 7.01. The van der Waals surface area contributed by atoms with Crippen molar-refractivity contribution < 1.29 is 52.1 Å². The maximum atomic E-state index is 12.3. The predicted molar refractivity (Wildman–Crippen MR) is 85.8 cm³/mol. The van der Waals surface area contributed by atoms with E-state index >= 15 is 0 Å². The molecule has 1 aliphatic rings. The Labute approximate surface area is 167 Å². The van der Waals surface area contributed by atoms with Crippen LogP contribution in [0.15, 0.2) is 41.3 Å². The maximum absolute atomic E-state index is 12.3. The molecule has 0 unspecified atom stereocenters. The summed E-state index contributed by atoms with van der Waals surface area (Å²) in [6.45, 7) is 4.04. The molecule has 0 aliphatic carbocycles. The van der Waals surface area contributed by atoms with E-state index in [2.05, 4.69) is 0 Å². The van der Waals surface area contributed by atoms with Gasteiger partial charge in [0.25, 0.3) is 11.7 Å². The van der Waals surface area contributed by atoms with Crippen LogP contribution in [0.2, 0.25) is 0 Å². The van der Waals surface area contributed by atoms with E-state index in [1.54, 1.807) is 0 Å². The SMILES string of the molecule is Cc1ccc(C)c(CN2C(=O)C(=O)c3cc(S(=O)(=O)[O-])ccc32)c1.[Na+]. The van der Waals surface area contributed by atoms with Crippen molar-refractivity contribution in [3.05, 3.63) is 58.7 Å². The molecular formula is C17H14NNaO5S. The minimum absolute atomic E-state index is 0. The summed E-state index contributed by atoms with van der Waals surface area (Å²) < 4.78 is 33.3. The maximum Gasteiger partial charge on any atom is 1.00 e. The van der Waals surface area contributed by atoms with Crippen molar-refractivity contribution in [3.63, 3.8) is 0 Å². The zero-order valence-corrected chi connectivity index (χ0v) is 16.9. The Balaban J connectivity index is 0.00000225. The molecule has 2 aromatic carbocycles. The zero-order valence-electron chi connectivity index (χ0n) is 14.1. The van der Waals surface area contributed by atoms with Crippen LogP contribution in [-0.2, 0) is 21.5 Å². The summed E-state index contributed by atoms with van der Waals surface area (Å²) in [7, 11) is -4.69. The fourth-order valence-electron chi connectivity index (χ4n) is 2.73. The van der Waals surface area contributed by atoms with Gasteiger partial charge < -0.3 is 9.45 Å². The van der Waals surface area contributed by atoms with Gasteiger partial charge in [-0.25, -0.2) is 8.42 Å². The van der Waals surface area contributed by atoms with Crippen LogP contribution < -0.4 is 34.5 Å². The van der Waals surface area contributed by atoms with Gasteiger partial charge in [0.15, 0.2) is 0 Å². The molecule has 0 aromatic heterocycles. The number of hydrogen-bond donors (Lipinski definition) is 0. The van der Waals surface area contributed by atoms with E-state index < -0.39 is 26.7 Å². The first-order valence-corrected chi connectivity index (χ1v) is 8.61. The van der Waals surface area contributed by atoms with Crippen molar-refractivity contribution in [1.29, 1.82) is 0 Å². The first-order valence-electron chi connectivity index (χ1n) is 7.21. The zero-order chi connectivity index (χ0) is 17.6. The summed E-state index contributed by atoms with van der Waals surface area (Å²) in [5, 5.41) is 0. The number of benzene rings is 2. The molecule has 6 nitrogen and oxygen atoms in total. The second-order valence-corrected chi connectivity index (χ2v) is 7.16. The molecule has 0 atom stereocenters. The number of carbonyl (C=O) groups excluding carboxylic acids is 2. The quantitative estimate of drug-likeness (QED) is 0.392. The summed E-state index contributed by atoms with van der Waals surface area (Å²) in [5.74, 6) is -1.54. The van der Waals surface area contributed by atoms with Gasteiger partial charge in [-0.2, -0.15) is 0 Å². The minimum Gasteiger partial charge on any atom is -0.744 e. The summed E-state index contributed by atoms with van der Waals surface area (Å²) >= 11 is 0. The Kier molecular flexibility index (Phi) is 5.56. The van der Waals surface area contributed by atoms with E-state index in [-0.39, 0.29) is 41.7 Å². The fourth-order valence-corrected chi connectivity index (χ4v) is 3.23. The first-order chi connectivity index (χ1) is 11.2. The Morgan fingerprint density at radius 3 is 2.36 bits per heavy atom. The molecule has 1 amide bonds. The third-order valence-corrected chi connectivity index (χ3v) is 4.90. The van der Waals surface area contributed by atoms with Gasteiger partial charge in [0.1, 0.15) is 10.1 Å².